The Hall–Kier alpha value is -0.830. The number of hydrogen-bond donors (Lipinski definition) is 1. The Morgan fingerprint density at radius 1 is 1.25 bits per heavy atom. The second-order valence-corrected chi connectivity index (χ2v) is 5.31. The van der Waals surface area contributed by atoms with Gasteiger partial charge in [-0.25, -0.2) is 0 Å². The highest BCUT2D eigenvalue weighted by Gasteiger charge is 2.04. The molecule has 3 heteroatoms. The van der Waals surface area contributed by atoms with E-state index in [9.17, 15) is 0 Å². The van der Waals surface area contributed by atoms with Crippen LogP contribution in [0, 0.1) is 6.92 Å². The molecule has 0 fully saturated rings. The van der Waals surface area contributed by atoms with E-state index in [0.29, 0.717) is 0 Å². The van der Waals surface area contributed by atoms with E-state index in [1.165, 1.54) is 16.0 Å². The third-order valence-corrected chi connectivity index (χ3v) is 3.70. The summed E-state index contributed by atoms with van der Waals surface area (Å²) in [7, 11) is 1.92. The van der Waals surface area contributed by atoms with Gasteiger partial charge in [0.1, 0.15) is 0 Å². The van der Waals surface area contributed by atoms with Crippen LogP contribution in [0.4, 0.5) is 0 Å². The summed E-state index contributed by atoms with van der Waals surface area (Å²) in [4.78, 5) is 1.32. The van der Waals surface area contributed by atoms with Crippen LogP contribution in [0.2, 0.25) is 5.02 Å². The van der Waals surface area contributed by atoms with Crippen LogP contribution in [0.3, 0.4) is 0 Å². The van der Waals surface area contributed by atoms with Crippen molar-refractivity contribution in [3.8, 4) is 11.1 Å². The van der Waals surface area contributed by atoms with Crippen LogP contribution >= 0.6 is 22.9 Å². The molecule has 1 aromatic heterocycles. The van der Waals surface area contributed by atoms with E-state index in [4.69, 9.17) is 11.6 Å². The molecule has 0 aliphatic carbocycles. The van der Waals surface area contributed by atoms with Crippen LogP contribution in [0.1, 0.15) is 10.4 Å². The van der Waals surface area contributed by atoms with Gasteiger partial charge in [-0.15, -0.1) is 11.3 Å². The van der Waals surface area contributed by atoms with Gasteiger partial charge in [0.15, 0.2) is 0 Å². The molecule has 0 radical (unpaired) electrons. The molecule has 0 amide bonds. The Kier molecular flexibility index (Phi) is 3.64. The Bertz CT molecular complexity index is 490. The van der Waals surface area contributed by atoms with Gasteiger partial charge < -0.3 is 5.32 Å². The van der Waals surface area contributed by atoms with Crippen molar-refractivity contribution in [1.29, 1.82) is 0 Å². The quantitative estimate of drug-likeness (QED) is 0.866. The van der Waals surface area contributed by atoms with E-state index in [1.54, 1.807) is 11.3 Å². The highest BCUT2D eigenvalue weighted by atomic mass is 35.5. The molecule has 2 aromatic rings. The Labute approximate surface area is 105 Å². The lowest BCUT2D eigenvalue weighted by Gasteiger charge is -2.05. The molecule has 16 heavy (non-hydrogen) atoms. The van der Waals surface area contributed by atoms with E-state index < -0.39 is 0 Å². The average Bonchev–Trinajstić information content (AvgIpc) is 2.68. The lowest BCUT2D eigenvalue weighted by atomic mass is 10.1. The van der Waals surface area contributed by atoms with Crippen molar-refractivity contribution in [2.24, 2.45) is 0 Å². The van der Waals surface area contributed by atoms with Gasteiger partial charge in [-0.1, -0.05) is 23.7 Å². The zero-order valence-electron chi connectivity index (χ0n) is 9.38. The summed E-state index contributed by atoms with van der Waals surface area (Å²) >= 11 is 7.99. The first kappa shape index (κ1) is 11.6. The largest absolute Gasteiger partial charge is 0.316 e. The van der Waals surface area contributed by atoms with Gasteiger partial charge in [0.05, 0.1) is 0 Å². The molecule has 0 saturated heterocycles. The Morgan fingerprint density at radius 3 is 2.62 bits per heavy atom. The standard InChI is InChI=1S/C13H14ClNS/c1-9-5-12(8-16-9)10-3-4-11(7-15-2)13(14)6-10/h3-6,8,15H,7H2,1-2H3. The fraction of sp³-hybridized carbons (Fsp3) is 0.231. The molecule has 0 unspecified atom stereocenters. The van der Waals surface area contributed by atoms with Gasteiger partial charge >= 0.3 is 0 Å². The molecule has 84 valence electrons. The van der Waals surface area contributed by atoms with Crippen molar-refractivity contribution in [1.82, 2.24) is 5.32 Å². The molecule has 0 saturated carbocycles. The fourth-order valence-electron chi connectivity index (χ4n) is 1.66. The average molecular weight is 252 g/mol. The number of thiophene rings is 1. The first-order valence-corrected chi connectivity index (χ1v) is 6.45. The van der Waals surface area contributed by atoms with E-state index >= 15 is 0 Å². The SMILES string of the molecule is CNCc1ccc(-c2csc(C)c2)cc1Cl. The van der Waals surface area contributed by atoms with Gasteiger partial charge in [-0.3, -0.25) is 0 Å². The van der Waals surface area contributed by atoms with Crippen molar-refractivity contribution in [2.75, 3.05) is 7.05 Å². The van der Waals surface area contributed by atoms with Crippen molar-refractivity contribution in [3.05, 3.63) is 45.1 Å². The fourth-order valence-corrected chi connectivity index (χ4v) is 2.61. The molecule has 2 rings (SSSR count). The Balaban J connectivity index is 2.34. The summed E-state index contributed by atoms with van der Waals surface area (Å²) in [5, 5.41) is 6.10. The van der Waals surface area contributed by atoms with Crippen LogP contribution < -0.4 is 5.32 Å². The zero-order valence-corrected chi connectivity index (χ0v) is 11.0. The molecule has 0 spiro atoms. The predicted octanol–water partition coefficient (Wildman–Crippen LogP) is 4.10. The maximum absolute atomic E-state index is 6.23. The summed E-state index contributed by atoms with van der Waals surface area (Å²) in [6, 6.07) is 8.44. The third-order valence-electron chi connectivity index (χ3n) is 2.48. The van der Waals surface area contributed by atoms with E-state index in [-0.39, 0.29) is 0 Å². The van der Waals surface area contributed by atoms with Gasteiger partial charge in [-0.05, 0) is 48.2 Å². The van der Waals surface area contributed by atoms with Gasteiger partial charge in [0, 0.05) is 16.4 Å². The first-order valence-electron chi connectivity index (χ1n) is 5.19. The molecule has 0 bridgehead atoms. The minimum absolute atomic E-state index is 0.807. The number of hydrogen-bond acceptors (Lipinski definition) is 2. The smallest absolute Gasteiger partial charge is 0.0457 e. The maximum atomic E-state index is 6.23. The number of benzene rings is 1. The second-order valence-electron chi connectivity index (χ2n) is 3.78. The number of aryl methyl sites for hydroxylation is 1. The number of nitrogens with one attached hydrogen (secondary N) is 1. The topological polar surface area (TPSA) is 12.0 Å². The predicted molar refractivity (Wildman–Crippen MR) is 72.3 cm³/mol. The number of rotatable bonds is 3. The van der Waals surface area contributed by atoms with Crippen LogP contribution in [0.25, 0.3) is 11.1 Å². The molecule has 1 N–H and O–H groups in total. The summed E-state index contributed by atoms with van der Waals surface area (Å²) in [5.74, 6) is 0. The van der Waals surface area contributed by atoms with Crippen molar-refractivity contribution < 1.29 is 0 Å². The van der Waals surface area contributed by atoms with Gasteiger partial charge in [0.2, 0.25) is 0 Å². The lowest BCUT2D eigenvalue weighted by molar-refractivity contribution is 0.818. The highest BCUT2D eigenvalue weighted by molar-refractivity contribution is 7.10. The normalized spacial score (nSPS) is 10.7. The van der Waals surface area contributed by atoms with Gasteiger partial charge in [-0.2, -0.15) is 0 Å². The maximum Gasteiger partial charge on any atom is 0.0457 e. The van der Waals surface area contributed by atoms with Crippen LogP contribution in [-0.4, -0.2) is 7.05 Å². The molecule has 1 heterocycles. The lowest BCUT2D eigenvalue weighted by Crippen LogP contribution is -2.05. The van der Waals surface area contributed by atoms with E-state index in [0.717, 1.165) is 17.1 Å². The van der Waals surface area contributed by atoms with Crippen LogP contribution in [0.15, 0.2) is 29.6 Å². The van der Waals surface area contributed by atoms with Crippen molar-refractivity contribution in [2.45, 2.75) is 13.5 Å². The van der Waals surface area contributed by atoms with Gasteiger partial charge in [0.25, 0.3) is 0 Å². The summed E-state index contributed by atoms with van der Waals surface area (Å²) in [5.41, 5.74) is 3.58. The first-order chi connectivity index (χ1) is 7.70. The number of halogens is 1. The highest BCUT2D eigenvalue weighted by Crippen LogP contribution is 2.28. The summed E-state index contributed by atoms with van der Waals surface area (Å²) in [6.45, 7) is 2.92. The summed E-state index contributed by atoms with van der Waals surface area (Å²) in [6.07, 6.45) is 0. The summed E-state index contributed by atoms with van der Waals surface area (Å²) < 4.78 is 0. The molecule has 0 atom stereocenters. The third kappa shape index (κ3) is 2.46. The molecule has 1 aromatic carbocycles. The zero-order chi connectivity index (χ0) is 11.5. The van der Waals surface area contributed by atoms with E-state index in [2.05, 4.69) is 35.8 Å². The molecule has 0 aliphatic heterocycles. The van der Waals surface area contributed by atoms with E-state index in [1.807, 2.05) is 13.1 Å². The van der Waals surface area contributed by atoms with Crippen LogP contribution in [-0.2, 0) is 6.54 Å². The van der Waals surface area contributed by atoms with Crippen LogP contribution in [0.5, 0.6) is 0 Å². The minimum Gasteiger partial charge on any atom is -0.316 e. The molecular formula is C13H14ClNS. The van der Waals surface area contributed by atoms with Crippen molar-refractivity contribution in [3.63, 3.8) is 0 Å². The molecule has 0 aliphatic rings. The molecular weight excluding hydrogens is 238 g/mol. The minimum atomic E-state index is 0.807. The second kappa shape index (κ2) is 5.00. The molecule has 1 nitrogen and oxygen atoms in total. The van der Waals surface area contributed by atoms with Crippen molar-refractivity contribution >= 4 is 22.9 Å². The Morgan fingerprint density at radius 2 is 2.06 bits per heavy atom. The monoisotopic (exact) mass is 251 g/mol.